The van der Waals surface area contributed by atoms with Crippen LogP contribution in [0.1, 0.15) is 10.4 Å². The minimum absolute atomic E-state index is 0.0611. The Morgan fingerprint density at radius 3 is 2.97 bits per heavy atom. The Hall–Kier alpha value is -2.76. The molecule has 1 aliphatic heterocycles. The minimum atomic E-state index is -3.41. The van der Waals surface area contributed by atoms with Crippen molar-refractivity contribution in [3.8, 4) is 0 Å². The van der Waals surface area contributed by atoms with Crippen molar-refractivity contribution in [2.45, 2.75) is 11.0 Å². The van der Waals surface area contributed by atoms with Crippen LogP contribution in [0.3, 0.4) is 0 Å². The number of morpholine rings is 1. The van der Waals surface area contributed by atoms with Crippen LogP contribution in [0, 0.1) is 0 Å². The summed E-state index contributed by atoms with van der Waals surface area (Å²) in [4.78, 5) is 25.6. The third-order valence-electron chi connectivity index (χ3n) is 4.59. The first-order valence-corrected chi connectivity index (χ1v) is 11.3. The third kappa shape index (κ3) is 4.23. The first-order chi connectivity index (χ1) is 14.3. The van der Waals surface area contributed by atoms with E-state index >= 15 is 0 Å². The van der Waals surface area contributed by atoms with Gasteiger partial charge in [-0.15, -0.1) is 5.10 Å². The van der Waals surface area contributed by atoms with Crippen LogP contribution in [0.15, 0.2) is 41.4 Å². The fourth-order valence-corrected chi connectivity index (χ4v) is 4.03. The highest BCUT2D eigenvalue weighted by Gasteiger charge is 2.27. The van der Waals surface area contributed by atoms with Gasteiger partial charge in [0, 0.05) is 19.0 Å². The van der Waals surface area contributed by atoms with E-state index in [9.17, 15) is 13.2 Å². The number of hydrogen-bond donors (Lipinski definition) is 0. The summed E-state index contributed by atoms with van der Waals surface area (Å²) in [6.45, 7) is 1.13. The molecular weight excluding hydrogens is 434 g/mol. The number of aromatic nitrogens is 4. The summed E-state index contributed by atoms with van der Waals surface area (Å²) in [6, 6.07) is 7.61. The van der Waals surface area contributed by atoms with Crippen LogP contribution in [0.2, 0.25) is 5.02 Å². The Bertz CT molecular complexity index is 1200. The van der Waals surface area contributed by atoms with Gasteiger partial charge in [-0.05, 0) is 35.5 Å². The molecule has 2 aromatic heterocycles. The van der Waals surface area contributed by atoms with Crippen LogP contribution in [0.4, 0.5) is 0 Å². The molecule has 1 amide bonds. The number of carbonyl (C=O) groups is 1. The third-order valence-corrected chi connectivity index (χ3v) is 6.01. The van der Waals surface area contributed by atoms with Crippen LogP contribution in [0.5, 0.6) is 0 Å². The molecule has 30 heavy (non-hydrogen) atoms. The number of sulfone groups is 1. The van der Waals surface area contributed by atoms with Crippen molar-refractivity contribution >= 4 is 38.5 Å². The van der Waals surface area contributed by atoms with Crippen molar-refractivity contribution in [3.63, 3.8) is 0 Å². The molecule has 1 atom stereocenters. The van der Waals surface area contributed by atoms with E-state index in [1.54, 1.807) is 23.2 Å². The molecule has 158 valence electrons. The smallest absolute Gasteiger partial charge is 0.255 e. The quantitative estimate of drug-likeness (QED) is 0.560. The summed E-state index contributed by atoms with van der Waals surface area (Å²) < 4.78 is 29.0. The Morgan fingerprint density at radius 2 is 2.20 bits per heavy atom. The largest absolute Gasteiger partial charge is 0.391 e. The predicted molar refractivity (Wildman–Crippen MR) is 107 cm³/mol. The van der Waals surface area contributed by atoms with Gasteiger partial charge in [-0.1, -0.05) is 16.4 Å². The van der Waals surface area contributed by atoms with Crippen LogP contribution in [-0.4, -0.2) is 78.0 Å². The fourth-order valence-electron chi connectivity index (χ4n) is 3.06. The number of benzene rings is 1. The molecule has 12 heteroatoms. The predicted octanol–water partition coefficient (Wildman–Crippen LogP) is 0.853. The van der Waals surface area contributed by atoms with E-state index in [4.69, 9.17) is 21.2 Å². The topological polar surface area (TPSA) is 117 Å². The van der Waals surface area contributed by atoms with Gasteiger partial charge in [0.15, 0.2) is 9.84 Å². The first-order valence-electron chi connectivity index (χ1n) is 9.03. The van der Waals surface area contributed by atoms with Crippen LogP contribution in [0.25, 0.3) is 11.2 Å². The summed E-state index contributed by atoms with van der Waals surface area (Å²) in [6.07, 6.45) is 2.31. The van der Waals surface area contributed by atoms with Gasteiger partial charge in [0.25, 0.3) is 5.91 Å². The zero-order valence-corrected chi connectivity index (χ0v) is 17.5. The maximum absolute atomic E-state index is 12.9. The molecule has 3 aromatic rings. The maximum atomic E-state index is 12.9. The normalized spacial score (nSPS) is 17.3. The van der Waals surface area contributed by atoms with Gasteiger partial charge < -0.3 is 14.5 Å². The SMILES string of the molecule is CS(=O)(=O)c1ccc(C(=O)N2CCOC(COn3nnc4cccnc43)C2)c(Cl)c1. The number of fused-ring (bicyclic) bond motifs is 1. The molecule has 4 rings (SSSR count). The van der Waals surface area contributed by atoms with Crippen molar-refractivity contribution in [1.29, 1.82) is 0 Å². The standard InChI is InChI=1S/C18H18ClN5O5S/c1-30(26,27)13-4-5-14(15(19)9-13)18(25)23-7-8-28-12(10-23)11-29-24-17-16(21-22-24)3-2-6-20-17/h2-6,9,12H,7-8,10-11H2,1H3. The van der Waals surface area contributed by atoms with Crippen molar-refractivity contribution in [2.75, 3.05) is 32.6 Å². The van der Waals surface area contributed by atoms with Crippen molar-refractivity contribution in [1.82, 2.24) is 25.0 Å². The average molecular weight is 452 g/mol. The summed E-state index contributed by atoms with van der Waals surface area (Å²) in [5, 5.41) is 7.95. The number of carbonyl (C=O) groups excluding carboxylic acids is 1. The maximum Gasteiger partial charge on any atom is 0.255 e. The zero-order valence-electron chi connectivity index (χ0n) is 15.9. The summed E-state index contributed by atoms with van der Waals surface area (Å²) in [7, 11) is -3.41. The molecule has 0 N–H and O–H groups in total. The lowest BCUT2D eigenvalue weighted by atomic mass is 10.1. The number of ether oxygens (including phenoxy) is 1. The summed E-state index contributed by atoms with van der Waals surface area (Å²) in [5.74, 6) is -0.304. The van der Waals surface area contributed by atoms with Gasteiger partial charge in [0.1, 0.15) is 18.2 Å². The Morgan fingerprint density at radius 1 is 1.37 bits per heavy atom. The van der Waals surface area contributed by atoms with Crippen LogP contribution in [-0.2, 0) is 14.6 Å². The lowest BCUT2D eigenvalue weighted by molar-refractivity contribution is -0.0680. The Kier molecular flexibility index (Phi) is 5.58. The lowest BCUT2D eigenvalue weighted by Gasteiger charge is -2.32. The molecular formula is C18H18ClN5O5S. The van der Waals surface area contributed by atoms with Gasteiger partial charge in [0.2, 0.25) is 5.65 Å². The highest BCUT2D eigenvalue weighted by molar-refractivity contribution is 7.90. The molecule has 1 aromatic carbocycles. The van der Waals surface area contributed by atoms with E-state index in [-0.39, 0.29) is 40.6 Å². The fraction of sp³-hybridized carbons (Fsp3) is 0.333. The van der Waals surface area contributed by atoms with Crippen molar-refractivity contribution in [2.24, 2.45) is 0 Å². The van der Waals surface area contributed by atoms with Gasteiger partial charge in [0.05, 0.1) is 28.6 Å². The molecule has 0 radical (unpaired) electrons. The lowest BCUT2D eigenvalue weighted by Crippen LogP contribution is -2.48. The monoisotopic (exact) mass is 451 g/mol. The highest BCUT2D eigenvalue weighted by Crippen LogP contribution is 2.23. The molecule has 0 saturated carbocycles. The van der Waals surface area contributed by atoms with E-state index in [2.05, 4.69) is 15.3 Å². The van der Waals surface area contributed by atoms with E-state index < -0.39 is 9.84 Å². The number of rotatable bonds is 5. The Labute approximate surface area is 177 Å². The first kappa shape index (κ1) is 20.5. The molecule has 10 nitrogen and oxygen atoms in total. The van der Waals surface area contributed by atoms with Crippen LogP contribution < -0.4 is 4.84 Å². The number of nitrogens with zero attached hydrogens (tertiary/aromatic N) is 5. The zero-order chi connectivity index (χ0) is 21.3. The van der Waals surface area contributed by atoms with E-state index in [1.165, 1.54) is 23.0 Å². The summed E-state index contributed by atoms with van der Waals surface area (Å²) >= 11 is 6.18. The van der Waals surface area contributed by atoms with Gasteiger partial charge in [-0.2, -0.15) is 0 Å². The average Bonchev–Trinajstić information content (AvgIpc) is 3.14. The number of amides is 1. The second kappa shape index (κ2) is 8.17. The number of hydrogen-bond acceptors (Lipinski definition) is 8. The highest BCUT2D eigenvalue weighted by atomic mass is 35.5. The number of pyridine rings is 1. The van der Waals surface area contributed by atoms with Gasteiger partial charge in [-0.3, -0.25) is 4.79 Å². The van der Waals surface area contributed by atoms with Crippen molar-refractivity contribution < 1.29 is 22.8 Å². The van der Waals surface area contributed by atoms with E-state index in [0.717, 1.165) is 6.26 Å². The molecule has 1 unspecified atom stereocenters. The number of halogens is 1. The molecule has 1 fully saturated rings. The van der Waals surface area contributed by atoms with Crippen molar-refractivity contribution in [3.05, 3.63) is 47.1 Å². The van der Waals surface area contributed by atoms with Crippen LogP contribution >= 0.6 is 11.6 Å². The summed E-state index contributed by atoms with van der Waals surface area (Å²) in [5.41, 5.74) is 1.32. The molecule has 0 spiro atoms. The molecule has 3 heterocycles. The second-order valence-electron chi connectivity index (χ2n) is 6.76. The van der Waals surface area contributed by atoms with E-state index in [1.807, 2.05) is 0 Å². The molecule has 0 bridgehead atoms. The second-order valence-corrected chi connectivity index (χ2v) is 9.19. The Balaban J connectivity index is 1.43. The van der Waals surface area contributed by atoms with Gasteiger partial charge in [-0.25, -0.2) is 13.4 Å². The molecule has 1 saturated heterocycles. The molecule has 1 aliphatic rings. The molecule has 0 aliphatic carbocycles. The van der Waals surface area contributed by atoms with Gasteiger partial charge >= 0.3 is 0 Å². The minimum Gasteiger partial charge on any atom is -0.391 e. The van der Waals surface area contributed by atoms with E-state index in [0.29, 0.717) is 24.3 Å².